The SMILES string of the molecule is CCCCCCCCCCCCCCOc1ccc(C(=O)Nc2ccc(CN3C=C(C)SC3)cc2)cc1. The van der Waals surface area contributed by atoms with Crippen LogP contribution in [0.2, 0.25) is 0 Å². The average molecular weight is 523 g/mol. The van der Waals surface area contributed by atoms with Crippen LogP contribution in [0.4, 0.5) is 5.69 Å². The third-order valence-corrected chi connectivity index (χ3v) is 7.82. The molecule has 0 saturated heterocycles. The molecule has 0 atom stereocenters. The Morgan fingerprint density at radius 3 is 2.00 bits per heavy atom. The first-order valence-corrected chi connectivity index (χ1v) is 15.3. The van der Waals surface area contributed by atoms with E-state index in [4.69, 9.17) is 4.74 Å². The van der Waals surface area contributed by atoms with Gasteiger partial charge in [-0.2, -0.15) is 0 Å². The van der Waals surface area contributed by atoms with Crippen LogP contribution in [-0.2, 0) is 6.54 Å². The summed E-state index contributed by atoms with van der Waals surface area (Å²) >= 11 is 1.87. The van der Waals surface area contributed by atoms with Gasteiger partial charge in [0.15, 0.2) is 0 Å². The van der Waals surface area contributed by atoms with E-state index in [9.17, 15) is 4.79 Å². The van der Waals surface area contributed by atoms with E-state index in [1.807, 2.05) is 48.2 Å². The summed E-state index contributed by atoms with van der Waals surface area (Å²) < 4.78 is 5.88. The van der Waals surface area contributed by atoms with Crippen LogP contribution in [0.1, 0.15) is 107 Å². The minimum Gasteiger partial charge on any atom is -0.494 e. The Bertz CT molecular complexity index is 940. The number of benzene rings is 2. The summed E-state index contributed by atoms with van der Waals surface area (Å²) in [5.41, 5.74) is 2.68. The highest BCUT2D eigenvalue weighted by molar-refractivity contribution is 8.03. The van der Waals surface area contributed by atoms with Crippen LogP contribution >= 0.6 is 11.8 Å². The molecule has 1 heterocycles. The first-order valence-electron chi connectivity index (χ1n) is 14.3. The molecule has 202 valence electrons. The van der Waals surface area contributed by atoms with Gasteiger partial charge in [0.25, 0.3) is 5.91 Å². The lowest BCUT2D eigenvalue weighted by molar-refractivity contribution is 0.102. The van der Waals surface area contributed by atoms with Crippen LogP contribution in [0.3, 0.4) is 0 Å². The quantitative estimate of drug-likeness (QED) is 0.198. The average Bonchev–Trinajstić information content (AvgIpc) is 3.32. The second kappa shape index (κ2) is 17.2. The van der Waals surface area contributed by atoms with Gasteiger partial charge in [-0.05, 0) is 60.2 Å². The molecule has 2 aromatic carbocycles. The van der Waals surface area contributed by atoms with Crippen molar-refractivity contribution in [3.63, 3.8) is 0 Å². The van der Waals surface area contributed by atoms with Crippen molar-refractivity contribution in [1.82, 2.24) is 4.90 Å². The van der Waals surface area contributed by atoms with Crippen LogP contribution < -0.4 is 10.1 Å². The highest BCUT2D eigenvalue weighted by Crippen LogP contribution is 2.26. The highest BCUT2D eigenvalue weighted by Gasteiger charge is 2.10. The third-order valence-electron chi connectivity index (χ3n) is 6.80. The molecule has 1 aliphatic rings. The van der Waals surface area contributed by atoms with Gasteiger partial charge in [0, 0.05) is 24.0 Å². The largest absolute Gasteiger partial charge is 0.494 e. The fourth-order valence-corrected chi connectivity index (χ4v) is 5.33. The molecule has 0 spiro atoms. The van der Waals surface area contributed by atoms with Crippen molar-refractivity contribution in [3.05, 3.63) is 70.8 Å². The Balaban J connectivity index is 1.25. The second-order valence-electron chi connectivity index (χ2n) is 10.2. The van der Waals surface area contributed by atoms with Crippen molar-refractivity contribution in [2.75, 3.05) is 17.8 Å². The van der Waals surface area contributed by atoms with E-state index in [0.717, 1.165) is 36.9 Å². The molecule has 0 aliphatic carbocycles. The monoisotopic (exact) mass is 522 g/mol. The molecule has 3 rings (SSSR count). The van der Waals surface area contributed by atoms with E-state index >= 15 is 0 Å². The molecular weight excluding hydrogens is 476 g/mol. The Morgan fingerprint density at radius 2 is 1.43 bits per heavy atom. The molecule has 5 heteroatoms. The van der Waals surface area contributed by atoms with E-state index in [1.165, 1.54) is 81.1 Å². The zero-order valence-corrected chi connectivity index (χ0v) is 23.8. The van der Waals surface area contributed by atoms with Gasteiger partial charge >= 0.3 is 0 Å². The van der Waals surface area contributed by atoms with Crippen molar-refractivity contribution >= 4 is 23.4 Å². The minimum absolute atomic E-state index is 0.102. The number of hydrogen-bond donors (Lipinski definition) is 1. The summed E-state index contributed by atoms with van der Waals surface area (Å²) in [6.07, 6.45) is 18.3. The van der Waals surface area contributed by atoms with Gasteiger partial charge in [0.05, 0.1) is 12.5 Å². The number of nitrogens with zero attached hydrogens (tertiary/aromatic N) is 1. The number of nitrogens with one attached hydrogen (secondary N) is 1. The summed E-state index contributed by atoms with van der Waals surface area (Å²) in [5, 5.41) is 2.99. The maximum absolute atomic E-state index is 12.6. The lowest BCUT2D eigenvalue weighted by atomic mass is 10.1. The summed E-state index contributed by atoms with van der Waals surface area (Å²) in [6, 6.07) is 15.5. The van der Waals surface area contributed by atoms with Crippen LogP contribution in [0.5, 0.6) is 5.75 Å². The number of anilines is 1. The molecule has 0 fully saturated rings. The summed E-state index contributed by atoms with van der Waals surface area (Å²) in [4.78, 5) is 16.3. The molecule has 1 aliphatic heterocycles. The maximum atomic E-state index is 12.6. The van der Waals surface area contributed by atoms with Crippen LogP contribution in [0, 0.1) is 0 Å². The van der Waals surface area contributed by atoms with Crippen molar-refractivity contribution < 1.29 is 9.53 Å². The van der Waals surface area contributed by atoms with E-state index in [-0.39, 0.29) is 5.91 Å². The van der Waals surface area contributed by atoms with Crippen LogP contribution in [0.25, 0.3) is 0 Å². The molecule has 0 unspecified atom stereocenters. The minimum atomic E-state index is -0.102. The maximum Gasteiger partial charge on any atom is 0.255 e. The fourth-order valence-electron chi connectivity index (χ4n) is 4.57. The fraction of sp³-hybridized carbons (Fsp3) is 0.531. The Morgan fingerprint density at radius 1 is 0.838 bits per heavy atom. The zero-order chi connectivity index (χ0) is 26.1. The Labute approximate surface area is 229 Å². The number of carbonyl (C=O) groups excluding carboxylic acids is 1. The number of amides is 1. The lowest BCUT2D eigenvalue weighted by Crippen LogP contribution is -2.13. The number of rotatable bonds is 18. The van der Waals surface area contributed by atoms with E-state index < -0.39 is 0 Å². The van der Waals surface area contributed by atoms with Crippen molar-refractivity contribution in [2.45, 2.75) is 97.4 Å². The molecule has 37 heavy (non-hydrogen) atoms. The number of thioether (sulfide) groups is 1. The predicted molar refractivity (Wildman–Crippen MR) is 159 cm³/mol. The number of allylic oxidation sites excluding steroid dienone is 1. The number of hydrogen-bond acceptors (Lipinski definition) is 4. The van der Waals surface area contributed by atoms with Gasteiger partial charge in [-0.3, -0.25) is 4.79 Å². The number of carbonyl (C=O) groups is 1. The first kappa shape index (κ1) is 29.2. The summed E-state index contributed by atoms with van der Waals surface area (Å²) in [5.74, 6) is 1.73. The predicted octanol–water partition coefficient (Wildman–Crippen LogP) is 9.39. The standard InChI is InChI=1S/C32H46N2O2S/c1-3-4-5-6-7-8-9-10-11-12-13-14-23-36-31-21-17-29(18-22-31)32(35)33-30-19-15-28(16-20-30)25-34-24-27(2)37-26-34/h15-22,24H,3-14,23,25-26H2,1-2H3,(H,33,35). The molecule has 1 N–H and O–H groups in total. The van der Waals surface area contributed by atoms with Crippen molar-refractivity contribution in [1.29, 1.82) is 0 Å². The highest BCUT2D eigenvalue weighted by atomic mass is 32.2. The van der Waals surface area contributed by atoms with E-state index in [1.54, 1.807) is 0 Å². The van der Waals surface area contributed by atoms with Crippen LogP contribution in [-0.4, -0.2) is 23.3 Å². The van der Waals surface area contributed by atoms with Gasteiger partial charge in [0.1, 0.15) is 5.75 Å². The van der Waals surface area contributed by atoms with Gasteiger partial charge in [-0.15, -0.1) is 11.8 Å². The molecule has 4 nitrogen and oxygen atoms in total. The molecule has 0 aromatic heterocycles. The van der Waals surface area contributed by atoms with Crippen molar-refractivity contribution in [3.8, 4) is 5.75 Å². The Hall–Kier alpha value is -2.40. The molecule has 0 saturated carbocycles. The van der Waals surface area contributed by atoms with Crippen molar-refractivity contribution in [2.24, 2.45) is 0 Å². The topological polar surface area (TPSA) is 41.6 Å². The summed E-state index contributed by atoms with van der Waals surface area (Å²) in [6.45, 7) is 6.04. The van der Waals surface area contributed by atoms with Gasteiger partial charge < -0.3 is 15.0 Å². The van der Waals surface area contributed by atoms with E-state index in [0.29, 0.717) is 5.56 Å². The van der Waals surface area contributed by atoms with Crippen LogP contribution in [0.15, 0.2) is 59.6 Å². The lowest BCUT2D eigenvalue weighted by Gasteiger charge is -2.14. The molecular formula is C32H46N2O2S. The number of ether oxygens (including phenoxy) is 1. The van der Waals surface area contributed by atoms with E-state index in [2.05, 4.69) is 42.4 Å². The summed E-state index contributed by atoms with van der Waals surface area (Å²) in [7, 11) is 0. The number of unbranched alkanes of at least 4 members (excludes halogenated alkanes) is 11. The Kier molecular flexibility index (Phi) is 13.5. The normalized spacial score (nSPS) is 13.0. The van der Waals surface area contributed by atoms with Gasteiger partial charge in [-0.25, -0.2) is 0 Å². The molecule has 2 aromatic rings. The second-order valence-corrected chi connectivity index (χ2v) is 11.4. The van der Waals surface area contributed by atoms with Gasteiger partial charge in [-0.1, -0.05) is 89.7 Å². The zero-order valence-electron chi connectivity index (χ0n) is 23.0. The molecule has 0 bridgehead atoms. The molecule has 0 radical (unpaired) electrons. The third kappa shape index (κ3) is 11.7. The first-order chi connectivity index (χ1) is 18.1. The van der Waals surface area contributed by atoms with Gasteiger partial charge in [0.2, 0.25) is 0 Å². The smallest absolute Gasteiger partial charge is 0.255 e. The molecule has 1 amide bonds.